The Morgan fingerprint density at radius 1 is 1.00 bits per heavy atom. The largest absolute Gasteiger partial charge is 0.481 e. The van der Waals surface area contributed by atoms with Crippen molar-refractivity contribution in [2.24, 2.45) is 11.8 Å². The van der Waals surface area contributed by atoms with E-state index in [2.05, 4.69) is 10.6 Å². The van der Waals surface area contributed by atoms with Gasteiger partial charge >= 0.3 is 5.97 Å². The first-order valence-electron chi connectivity index (χ1n) is 9.32. The van der Waals surface area contributed by atoms with Crippen molar-refractivity contribution in [2.45, 2.75) is 66.0 Å². The Labute approximate surface area is 161 Å². The first-order chi connectivity index (χ1) is 12.4. The van der Waals surface area contributed by atoms with E-state index in [0.29, 0.717) is 12.0 Å². The molecule has 0 aliphatic rings. The van der Waals surface area contributed by atoms with E-state index in [1.807, 2.05) is 53.7 Å². The molecule has 6 heteroatoms. The molecule has 0 saturated carbocycles. The van der Waals surface area contributed by atoms with Gasteiger partial charge in [0.15, 0.2) is 0 Å². The van der Waals surface area contributed by atoms with Crippen molar-refractivity contribution in [3.05, 3.63) is 35.4 Å². The van der Waals surface area contributed by atoms with Crippen LogP contribution in [0.5, 0.6) is 0 Å². The molecule has 0 saturated heterocycles. The highest BCUT2D eigenvalue weighted by Gasteiger charge is 2.32. The van der Waals surface area contributed by atoms with Gasteiger partial charge in [-0.25, -0.2) is 0 Å². The Hall–Kier alpha value is -2.37. The van der Waals surface area contributed by atoms with Gasteiger partial charge in [-0.1, -0.05) is 43.7 Å². The van der Waals surface area contributed by atoms with Crippen LogP contribution in [0.15, 0.2) is 24.3 Å². The van der Waals surface area contributed by atoms with Crippen LogP contribution in [-0.4, -0.2) is 28.4 Å². The Balaban J connectivity index is 3.07. The molecule has 0 radical (unpaired) electrons. The van der Waals surface area contributed by atoms with Gasteiger partial charge in [0, 0.05) is 5.54 Å². The zero-order valence-corrected chi connectivity index (χ0v) is 17.1. The number of hydrogen-bond acceptors (Lipinski definition) is 3. The van der Waals surface area contributed by atoms with Crippen molar-refractivity contribution in [3.63, 3.8) is 0 Å². The molecule has 0 aliphatic heterocycles. The topological polar surface area (TPSA) is 95.5 Å². The number of amides is 2. The van der Waals surface area contributed by atoms with Crippen molar-refractivity contribution in [1.29, 1.82) is 0 Å². The van der Waals surface area contributed by atoms with Crippen LogP contribution in [-0.2, 0) is 14.4 Å². The summed E-state index contributed by atoms with van der Waals surface area (Å²) in [6.07, 6.45) is 0.855. The molecule has 27 heavy (non-hydrogen) atoms. The minimum atomic E-state index is -1.18. The highest BCUT2D eigenvalue weighted by molar-refractivity contribution is 5.99. The van der Waals surface area contributed by atoms with Gasteiger partial charge in [-0.2, -0.15) is 0 Å². The molecule has 0 spiro atoms. The van der Waals surface area contributed by atoms with Crippen molar-refractivity contribution in [3.8, 4) is 0 Å². The van der Waals surface area contributed by atoms with E-state index < -0.39 is 29.4 Å². The van der Waals surface area contributed by atoms with E-state index in [1.165, 1.54) is 0 Å². The van der Waals surface area contributed by atoms with Gasteiger partial charge in [0.05, 0.1) is 0 Å². The molecule has 1 rings (SSSR count). The maximum absolute atomic E-state index is 12.8. The van der Waals surface area contributed by atoms with Crippen LogP contribution < -0.4 is 10.6 Å². The maximum Gasteiger partial charge on any atom is 0.316 e. The zero-order chi connectivity index (χ0) is 20.8. The molecular formula is C21H32N2O4. The molecule has 0 fully saturated rings. The van der Waals surface area contributed by atoms with Crippen LogP contribution in [0.4, 0.5) is 0 Å². The van der Waals surface area contributed by atoms with Crippen molar-refractivity contribution in [1.82, 2.24) is 10.6 Å². The summed E-state index contributed by atoms with van der Waals surface area (Å²) in [5.74, 6) is -3.07. The summed E-state index contributed by atoms with van der Waals surface area (Å²) < 4.78 is 0. The number of hydrogen-bond donors (Lipinski definition) is 3. The smallest absolute Gasteiger partial charge is 0.316 e. The van der Waals surface area contributed by atoms with Gasteiger partial charge < -0.3 is 15.7 Å². The quantitative estimate of drug-likeness (QED) is 0.607. The number of carboxylic acid groups (broad SMARTS) is 1. The van der Waals surface area contributed by atoms with Crippen molar-refractivity contribution in [2.75, 3.05) is 0 Å². The zero-order valence-electron chi connectivity index (χ0n) is 17.1. The molecular weight excluding hydrogens is 344 g/mol. The summed E-state index contributed by atoms with van der Waals surface area (Å²) in [5.41, 5.74) is 1.17. The Kier molecular flexibility index (Phi) is 8.00. The van der Waals surface area contributed by atoms with Crippen molar-refractivity contribution >= 4 is 17.8 Å². The number of carbonyl (C=O) groups is 3. The number of carbonyl (C=O) groups excluding carboxylic acids is 2. The normalized spacial score (nSPS) is 13.7. The number of aliphatic carboxylic acids is 1. The summed E-state index contributed by atoms with van der Waals surface area (Å²) in [6, 6.07) is 6.30. The molecule has 0 bridgehead atoms. The van der Waals surface area contributed by atoms with E-state index in [0.717, 1.165) is 5.56 Å². The van der Waals surface area contributed by atoms with Gasteiger partial charge in [0.2, 0.25) is 11.8 Å². The predicted molar refractivity (Wildman–Crippen MR) is 105 cm³/mol. The van der Waals surface area contributed by atoms with E-state index in [1.54, 1.807) is 12.1 Å². The molecule has 2 amide bonds. The summed E-state index contributed by atoms with van der Waals surface area (Å²) >= 11 is 0. The van der Waals surface area contributed by atoms with Gasteiger partial charge in [-0.05, 0) is 52.0 Å². The summed E-state index contributed by atoms with van der Waals surface area (Å²) in [6.45, 7) is 11.4. The van der Waals surface area contributed by atoms with E-state index in [-0.39, 0.29) is 18.2 Å². The van der Waals surface area contributed by atoms with Crippen LogP contribution in [0.3, 0.4) is 0 Å². The van der Waals surface area contributed by atoms with Gasteiger partial charge in [0.1, 0.15) is 12.0 Å². The van der Waals surface area contributed by atoms with Crippen LogP contribution in [0.1, 0.15) is 64.6 Å². The molecule has 0 heterocycles. The number of rotatable bonds is 8. The van der Waals surface area contributed by atoms with E-state index >= 15 is 0 Å². The average molecular weight is 376 g/mol. The molecule has 3 N–H and O–H groups in total. The molecule has 1 aromatic carbocycles. The summed E-state index contributed by atoms with van der Waals surface area (Å²) in [5, 5.41) is 14.9. The van der Waals surface area contributed by atoms with E-state index in [9.17, 15) is 19.5 Å². The van der Waals surface area contributed by atoms with Gasteiger partial charge in [-0.15, -0.1) is 0 Å². The Morgan fingerprint density at radius 3 is 2.00 bits per heavy atom. The second kappa shape index (κ2) is 9.53. The third-order valence-corrected chi connectivity index (χ3v) is 4.10. The predicted octanol–water partition coefficient (Wildman–Crippen LogP) is 3.20. The first kappa shape index (κ1) is 22.7. The lowest BCUT2D eigenvalue weighted by molar-refractivity contribution is -0.148. The third kappa shape index (κ3) is 7.81. The SMILES string of the molecule is Cc1ccc([C@H](NC(=O)[C@@H](CCC(C)C)C(=O)O)C(=O)NC(C)(C)C)cc1. The average Bonchev–Trinajstić information content (AvgIpc) is 2.51. The molecule has 150 valence electrons. The van der Waals surface area contributed by atoms with Crippen LogP contribution >= 0.6 is 0 Å². The highest BCUT2D eigenvalue weighted by atomic mass is 16.4. The molecule has 2 atom stereocenters. The lowest BCUT2D eigenvalue weighted by atomic mass is 9.96. The van der Waals surface area contributed by atoms with Crippen LogP contribution in [0.2, 0.25) is 0 Å². The molecule has 0 aromatic heterocycles. The molecule has 1 aromatic rings. The number of benzene rings is 1. The monoisotopic (exact) mass is 376 g/mol. The minimum Gasteiger partial charge on any atom is -0.481 e. The van der Waals surface area contributed by atoms with Gasteiger partial charge in [0.25, 0.3) is 0 Å². The fourth-order valence-corrected chi connectivity index (χ4v) is 2.61. The fraction of sp³-hybridized carbons (Fsp3) is 0.571. The second-order valence-electron chi connectivity index (χ2n) is 8.45. The van der Waals surface area contributed by atoms with Crippen LogP contribution in [0, 0.1) is 18.8 Å². The van der Waals surface area contributed by atoms with Crippen LogP contribution in [0.25, 0.3) is 0 Å². The lowest BCUT2D eigenvalue weighted by Gasteiger charge is -2.26. The van der Waals surface area contributed by atoms with Gasteiger partial charge in [-0.3, -0.25) is 14.4 Å². The maximum atomic E-state index is 12.8. The standard InChI is InChI=1S/C21H32N2O4/c1-13(2)7-12-16(20(26)27)18(24)22-17(19(25)23-21(4,5)6)15-10-8-14(3)9-11-15/h8-11,13,16-17H,7,12H2,1-6H3,(H,22,24)(H,23,25)(H,26,27)/t16-,17+/m1/s1. The lowest BCUT2D eigenvalue weighted by Crippen LogP contribution is -2.49. The molecule has 0 aliphatic carbocycles. The summed E-state index contributed by atoms with van der Waals surface area (Å²) in [7, 11) is 0. The fourth-order valence-electron chi connectivity index (χ4n) is 2.61. The Bertz CT molecular complexity index is 660. The van der Waals surface area contributed by atoms with Crippen molar-refractivity contribution < 1.29 is 19.5 Å². The van der Waals surface area contributed by atoms with E-state index in [4.69, 9.17) is 0 Å². The highest BCUT2D eigenvalue weighted by Crippen LogP contribution is 2.19. The number of aryl methyl sites for hydroxylation is 1. The Morgan fingerprint density at radius 2 is 1.56 bits per heavy atom. The first-order valence-corrected chi connectivity index (χ1v) is 9.32. The number of nitrogens with one attached hydrogen (secondary N) is 2. The minimum absolute atomic E-state index is 0.236. The molecule has 0 unspecified atom stereocenters. The molecule has 6 nitrogen and oxygen atoms in total. The summed E-state index contributed by atoms with van der Waals surface area (Å²) in [4.78, 5) is 37.0. The number of carboxylic acids is 1. The second-order valence-corrected chi connectivity index (χ2v) is 8.45. The third-order valence-electron chi connectivity index (χ3n) is 4.10.